The summed E-state index contributed by atoms with van der Waals surface area (Å²) in [5.74, 6) is 0.943. The Balaban J connectivity index is 0.745. The van der Waals surface area contributed by atoms with Gasteiger partial charge in [-0.25, -0.2) is 39.9 Å². The number of nitrogens with one attached hydrogen (secondary N) is 2. The monoisotopic (exact) mass is 929 g/mol. The van der Waals surface area contributed by atoms with Crippen molar-refractivity contribution < 1.29 is 23.7 Å². The number of nitrogens with zero attached hydrogens (tertiary/aromatic N) is 11. The minimum absolute atomic E-state index is 0.0198. The summed E-state index contributed by atoms with van der Waals surface area (Å²) in [6.07, 6.45) is 22.5. The smallest absolute Gasteiger partial charge is 0.317 e. The largest absolute Gasteiger partial charge is 0.474 e. The number of pyridine rings is 1. The zero-order valence-electron chi connectivity index (χ0n) is 36.5. The number of morpholine rings is 1. The van der Waals surface area contributed by atoms with Crippen LogP contribution in [0, 0.1) is 5.41 Å². The Bertz CT molecular complexity index is 2610. The SMILES string of the molecule is O=C1C(c2cc(OC3CCCC3)nc(-c3cnc(Nc4ncc(CN5CCOCC5)cn4)s3)c2)CCCN1c1cnc(Nc2ncc(-c3ccnc(OC4CC5(CCOCC5)C4)n3)s2)nc1. The average Bonchev–Trinajstić information content (AvgIpc) is 4.14. The number of rotatable bonds is 14. The zero-order chi connectivity index (χ0) is 44.3. The lowest BCUT2D eigenvalue weighted by Crippen LogP contribution is -2.47. The van der Waals surface area contributed by atoms with Crippen LogP contribution in [-0.4, -0.2) is 114 Å². The Kier molecular flexibility index (Phi) is 12.5. The molecule has 0 radical (unpaired) electrons. The maximum atomic E-state index is 14.4. The number of hydrogen-bond acceptors (Lipinski definition) is 19. The van der Waals surface area contributed by atoms with E-state index in [4.69, 9.17) is 23.9 Å². The van der Waals surface area contributed by atoms with Gasteiger partial charge in [-0.3, -0.25) is 9.69 Å². The zero-order valence-corrected chi connectivity index (χ0v) is 38.1. The van der Waals surface area contributed by atoms with Crippen molar-refractivity contribution in [1.82, 2.24) is 49.8 Å². The second-order valence-electron chi connectivity index (χ2n) is 17.7. The van der Waals surface area contributed by atoms with E-state index in [9.17, 15) is 4.79 Å². The third-order valence-electron chi connectivity index (χ3n) is 13.2. The average molecular weight is 930 g/mol. The van der Waals surface area contributed by atoms with E-state index in [-0.39, 0.29) is 18.1 Å². The minimum Gasteiger partial charge on any atom is -0.474 e. The molecule has 0 bridgehead atoms. The van der Waals surface area contributed by atoms with Crippen LogP contribution in [0.1, 0.15) is 81.3 Å². The first-order valence-corrected chi connectivity index (χ1v) is 24.6. The molecule has 3 aliphatic heterocycles. The van der Waals surface area contributed by atoms with Crippen LogP contribution in [0.4, 0.5) is 27.8 Å². The molecule has 342 valence electrons. The predicted octanol–water partition coefficient (Wildman–Crippen LogP) is 7.59. The van der Waals surface area contributed by atoms with Gasteiger partial charge in [0.05, 0.1) is 58.4 Å². The van der Waals surface area contributed by atoms with Crippen molar-refractivity contribution in [3.63, 3.8) is 0 Å². The Morgan fingerprint density at radius 3 is 2.11 bits per heavy atom. The lowest BCUT2D eigenvalue weighted by Gasteiger charge is -2.49. The van der Waals surface area contributed by atoms with Crippen molar-refractivity contribution in [3.05, 3.63) is 72.7 Å². The molecule has 11 rings (SSSR count). The van der Waals surface area contributed by atoms with Crippen molar-refractivity contribution in [1.29, 1.82) is 0 Å². The van der Waals surface area contributed by atoms with Gasteiger partial charge in [-0.2, -0.15) is 4.98 Å². The van der Waals surface area contributed by atoms with E-state index in [1.165, 1.54) is 22.7 Å². The third-order valence-corrected chi connectivity index (χ3v) is 15.0. The van der Waals surface area contributed by atoms with E-state index in [2.05, 4.69) is 55.4 Å². The summed E-state index contributed by atoms with van der Waals surface area (Å²) in [6.45, 7) is 6.31. The van der Waals surface area contributed by atoms with Crippen LogP contribution in [0.15, 0.2) is 61.6 Å². The summed E-state index contributed by atoms with van der Waals surface area (Å²) >= 11 is 2.89. The molecule has 1 spiro atoms. The van der Waals surface area contributed by atoms with Gasteiger partial charge in [0, 0.05) is 82.0 Å². The molecule has 1 amide bonds. The molecule has 6 aromatic rings. The minimum atomic E-state index is -0.405. The van der Waals surface area contributed by atoms with E-state index in [0.717, 1.165) is 130 Å². The number of piperidine rings is 1. The van der Waals surface area contributed by atoms with Gasteiger partial charge in [0.1, 0.15) is 12.2 Å². The van der Waals surface area contributed by atoms with E-state index in [1.807, 2.05) is 30.6 Å². The molecule has 9 heterocycles. The summed E-state index contributed by atoms with van der Waals surface area (Å²) in [7, 11) is 0. The molecular weight excluding hydrogens is 879 g/mol. The van der Waals surface area contributed by atoms with Gasteiger partial charge in [-0.1, -0.05) is 22.7 Å². The van der Waals surface area contributed by atoms with Gasteiger partial charge >= 0.3 is 6.01 Å². The molecule has 6 aromatic heterocycles. The van der Waals surface area contributed by atoms with Crippen molar-refractivity contribution in [2.75, 3.05) is 61.6 Å². The molecule has 5 fully saturated rings. The van der Waals surface area contributed by atoms with Crippen LogP contribution < -0.4 is 25.0 Å². The van der Waals surface area contributed by atoms with Crippen molar-refractivity contribution in [2.45, 2.75) is 88.9 Å². The van der Waals surface area contributed by atoms with Gasteiger partial charge in [0.15, 0.2) is 10.3 Å². The van der Waals surface area contributed by atoms with Gasteiger partial charge in [-0.05, 0) is 87.3 Å². The molecule has 18 nitrogen and oxygen atoms in total. The Labute approximate surface area is 390 Å². The lowest BCUT2D eigenvalue weighted by molar-refractivity contribution is -0.121. The first kappa shape index (κ1) is 42.8. The van der Waals surface area contributed by atoms with Gasteiger partial charge in [-0.15, -0.1) is 0 Å². The highest BCUT2D eigenvalue weighted by atomic mass is 32.1. The summed E-state index contributed by atoms with van der Waals surface area (Å²) < 4.78 is 23.7. The fourth-order valence-electron chi connectivity index (χ4n) is 9.55. The summed E-state index contributed by atoms with van der Waals surface area (Å²) in [5, 5.41) is 7.72. The Morgan fingerprint density at radius 2 is 1.38 bits per heavy atom. The lowest BCUT2D eigenvalue weighted by atomic mass is 9.62. The summed E-state index contributed by atoms with van der Waals surface area (Å²) in [6, 6.07) is 6.18. The van der Waals surface area contributed by atoms with Crippen LogP contribution in [0.5, 0.6) is 11.9 Å². The van der Waals surface area contributed by atoms with E-state index >= 15 is 0 Å². The number of aromatic nitrogens is 9. The highest BCUT2D eigenvalue weighted by Crippen LogP contribution is 2.50. The quantitative estimate of drug-likeness (QED) is 0.108. The number of thiazole rings is 2. The fourth-order valence-corrected chi connectivity index (χ4v) is 11.1. The maximum Gasteiger partial charge on any atom is 0.317 e. The number of carbonyl (C=O) groups is 1. The molecule has 1 atom stereocenters. The molecule has 2 N–H and O–H groups in total. The summed E-state index contributed by atoms with van der Waals surface area (Å²) in [4.78, 5) is 61.7. The van der Waals surface area contributed by atoms with Crippen LogP contribution in [0.25, 0.3) is 21.1 Å². The number of amides is 1. The standard InChI is InChI=1S/C46H51N13O5S2/c60-40-34(30-18-36(54-39(19-30)63-32-4-1-2-5-32)38-27-53-45(66-38)56-41-48-22-29(23-49-41)28-58-12-16-62-17-13-58)6-3-11-59(40)31-24-50-42(51-25-31)57-44-52-26-37(65-44)35-7-10-47-43(55-35)64-33-20-46(21-33)8-14-61-15-9-46/h7,10,18-19,22-27,32-34H,1-6,8-9,11-17,20-21,28H2,(H,48,49,53,56)(H,50,51,52,57). The topological polar surface area (TPSA) is 201 Å². The van der Waals surface area contributed by atoms with E-state index in [0.29, 0.717) is 63.8 Å². The van der Waals surface area contributed by atoms with Gasteiger partial charge in [0.2, 0.25) is 23.7 Å². The molecular formula is C46H51N13O5S2. The van der Waals surface area contributed by atoms with E-state index in [1.54, 1.807) is 35.9 Å². The Hall–Kier alpha value is -5.80. The number of hydrogen-bond donors (Lipinski definition) is 2. The second kappa shape index (κ2) is 19.2. The van der Waals surface area contributed by atoms with Crippen molar-refractivity contribution in [3.8, 4) is 33.0 Å². The number of carbonyl (C=O) groups excluding carboxylic acids is 1. The molecule has 2 saturated carbocycles. The molecule has 2 aliphatic carbocycles. The fraction of sp³-hybridized carbons (Fsp3) is 0.478. The molecule has 3 saturated heterocycles. The third kappa shape index (κ3) is 9.83. The molecule has 0 aromatic carbocycles. The highest BCUT2D eigenvalue weighted by molar-refractivity contribution is 7.19. The molecule has 20 heteroatoms. The predicted molar refractivity (Wildman–Crippen MR) is 249 cm³/mol. The van der Waals surface area contributed by atoms with Gasteiger partial charge < -0.3 is 34.5 Å². The summed E-state index contributed by atoms with van der Waals surface area (Å²) in [5.41, 5.74) is 4.32. The first-order valence-electron chi connectivity index (χ1n) is 22.9. The maximum absolute atomic E-state index is 14.4. The number of ether oxygens (including phenoxy) is 4. The second-order valence-corrected chi connectivity index (χ2v) is 19.8. The highest BCUT2D eigenvalue weighted by Gasteiger charge is 2.46. The van der Waals surface area contributed by atoms with Crippen LogP contribution >= 0.6 is 22.7 Å². The van der Waals surface area contributed by atoms with Crippen LogP contribution in [0.2, 0.25) is 0 Å². The van der Waals surface area contributed by atoms with Crippen LogP contribution in [0.3, 0.4) is 0 Å². The Morgan fingerprint density at radius 1 is 0.697 bits per heavy atom. The molecule has 66 heavy (non-hydrogen) atoms. The van der Waals surface area contributed by atoms with Crippen molar-refractivity contribution in [2.24, 2.45) is 5.41 Å². The molecule has 5 aliphatic rings. The molecule has 1 unspecified atom stereocenters. The normalized spacial score (nSPS) is 20.3. The van der Waals surface area contributed by atoms with Gasteiger partial charge in [0.25, 0.3) is 0 Å². The van der Waals surface area contributed by atoms with Crippen molar-refractivity contribution >= 4 is 56.4 Å². The van der Waals surface area contributed by atoms with Crippen LogP contribution in [-0.2, 0) is 20.8 Å². The first-order chi connectivity index (χ1) is 32.5. The van der Waals surface area contributed by atoms with E-state index < -0.39 is 5.92 Å². The number of anilines is 5.